The monoisotopic (exact) mass is 367 g/mol. The van der Waals surface area contributed by atoms with E-state index in [9.17, 15) is 4.79 Å². The molecule has 0 radical (unpaired) electrons. The van der Waals surface area contributed by atoms with Gasteiger partial charge in [0.05, 0.1) is 0 Å². The summed E-state index contributed by atoms with van der Waals surface area (Å²) in [6.45, 7) is 3.79. The second-order valence-corrected chi connectivity index (χ2v) is 8.16. The Labute approximate surface area is 161 Å². The van der Waals surface area contributed by atoms with Gasteiger partial charge in [0.25, 0.3) is 0 Å². The maximum atomic E-state index is 12.9. The number of rotatable bonds is 4. The number of nitrogens with zero attached hydrogens (tertiary/aromatic N) is 3. The molecule has 2 heterocycles. The van der Waals surface area contributed by atoms with E-state index in [1.165, 1.54) is 19.3 Å². The third-order valence-corrected chi connectivity index (χ3v) is 6.10. The predicted molar refractivity (Wildman–Crippen MR) is 104 cm³/mol. The first kappa shape index (κ1) is 18.2. The van der Waals surface area contributed by atoms with Crippen molar-refractivity contribution in [3.05, 3.63) is 35.7 Å². The first-order valence-electron chi connectivity index (χ1n) is 10.4. The number of carbonyl (C=O) groups is 1. The lowest BCUT2D eigenvalue weighted by molar-refractivity contribution is -0.138. The molecule has 5 nitrogen and oxygen atoms in total. The van der Waals surface area contributed by atoms with Crippen LogP contribution in [0.5, 0.6) is 0 Å². The number of likely N-dealkylation sites (tertiary alicyclic amines) is 1. The summed E-state index contributed by atoms with van der Waals surface area (Å²) >= 11 is 0. The number of aryl methyl sites for hydroxylation is 1. The van der Waals surface area contributed by atoms with Crippen LogP contribution in [-0.4, -0.2) is 34.0 Å². The molecule has 1 amide bonds. The summed E-state index contributed by atoms with van der Waals surface area (Å²) in [5.74, 6) is 2.40. The molecule has 0 spiro atoms. The molecule has 1 aromatic heterocycles. The zero-order valence-corrected chi connectivity index (χ0v) is 16.2. The number of amides is 1. The van der Waals surface area contributed by atoms with Crippen molar-refractivity contribution in [3.8, 4) is 11.4 Å². The lowest BCUT2D eigenvalue weighted by Crippen LogP contribution is -2.43. The van der Waals surface area contributed by atoms with Crippen molar-refractivity contribution >= 4 is 5.91 Å². The Morgan fingerprint density at radius 2 is 1.96 bits per heavy atom. The molecule has 0 bridgehead atoms. The Morgan fingerprint density at radius 1 is 1.15 bits per heavy atom. The fourth-order valence-electron chi connectivity index (χ4n) is 4.56. The molecule has 1 atom stereocenters. The molecule has 2 aliphatic rings. The Hall–Kier alpha value is -2.17. The van der Waals surface area contributed by atoms with Crippen LogP contribution in [0, 0.1) is 18.8 Å². The predicted octanol–water partition coefficient (Wildman–Crippen LogP) is 4.41. The molecule has 27 heavy (non-hydrogen) atoms. The highest BCUT2D eigenvalue weighted by molar-refractivity contribution is 5.79. The van der Waals surface area contributed by atoms with E-state index < -0.39 is 0 Å². The molecular weight excluding hydrogens is 338 g/mol. The van der Waals surface area contributed by atoms with Gasteiger partial charge >= 0.3 is 0 Å². The second kappa shape index (κ2) is 8.24. The van der Waals surface area contributed by atoms with Gasteiger partial charge in [0, 0.05) is 31.0 Å². The summed E-state index contributed by atoms with van der Waals surface area (Å²) in [5, 5.41) is 4.17. The first-order chi connectivity index (χ1) is 13.2. The normalized spacial score (nSPS) is 21.4. The lowest BCUT2D eigenvalue weighted by atomic mass is 9.87. The van der Waals surface area contributed by atoms with Crippen LogP contribution in [0.1, 0.15) is 56.4 Å². The molecule has 2 aromatic rings. The van der Waals surface area contributed by atoms with Gasteiger partial charge in [0.1, 0.15) is 0 Å². The SMILES string of the molecule is Cc1ccccc1-c1noc(CC2CCCN(C(=O)C3CCCCC3)C2)n1. The van der Waals surface area contributed by atoms with Gasteiger partial charge in [0.15, 0.2) is 0 Å². The highest BCUT2D eigenvalue weighted by atomic mass is 16.5. The van der Waals surface area contributed by atoms with Crippen LogP contribution in [0.4, 0.5) is 0 Å². The standard InChI is InChI=1S/C22H29N3O2/c1-16-8-5-6-12-19(16)21-23-20(27-24-21)14-17-9-7-13-25(15-17)22(26)18-10-3-2-4-11-18/h5-6,8,12,17-18H,2-4,7,9-11,13-15H2,1H3. The molecule has 1 saturated carbocycles. The summed E-state index contributed by atoms with van der Waals surface area (Å²) in [6, 6.07) is 8.09. The maximum absolute atomic E-state index is 12.9. The molecule has 1 saturated heterocycles. The van der Waals surface area contributed by atoms with E-state index >= 15 is 0 Å². The van der Waals surface area contributed by atoms with Crippen LogP contribution in [0.3, 0.4) is 0 Å². The van der Waals surface area contributed by atoms with E-state index in [0.29, 0.717) is 23.5 Å². The molecule has 1 aromatic carbocycles. The summed E-state index contributed by atoms with van der Waals surface area (Å²) in [4.78, 5) is 19.6. The highest BCUT2D eigenvalue weighted by Gasteiger charge is 2.30. The van der Waals surface area contributed by atoms with Gasteiger partial charge in [0.2, 0.25) is 17.6 Å². The molecule has 4 rings (SSSR count). The number of aromatic nitrogens is 2. The number of carbonyl (C=O) groups excluding carboxylic acids is 1. The van der Waals surface area contributed by atoms with Gasteiger partial charge in [-0.05, 0) is 44.1 Å². The van der Waals surface area contributed by atoms with E-state index in [2.05, 4.69) is 28.0 Å². The topological polar surface area (TPSA) is 59.2 Å². The molecule has 1 aliphatic carbocycles. The van der Waals surface area contributed by atoms with Gasteiger partial charge in [-0.25, -0.2) is 0 Å². The minimum absolute atomic E-state index is 0.258. The minimum Gasteiger partial charge on any atom is -0.342 e. The quantitative estimate of drug-likeness (QED) is 0.803. The number of piperidine rings is 1. The van der Waals surface area contributed by atoms with Crippen molar-refractivity contribution in [1.82, 2.24) is 15.0 Å². The third-order valence-electron chi connectivity index (χ3n) is 6.10. The van der Waals surface area contributed by atoms with Gasteiger partial charge in [-0.3, -0.25) is 4.79 Å². The van der Waals surface area contributed by atoms with Crippen molar-refractivity contribution in [2.45, 2.75) is 58.3 Å². The van der Waals surface area contributed by atoms with E-state index in [-0.39, 0.29) is 5.92 Å². The van der Waals surface area contributed by atoms with Crippen LogP contribution in [0.25, 0.3) is 11.4 Å². The average molecular weight is 367 g/mol. The summed E-state index contributed by atoms with van der Waals surface area (Å²) in [5.41, 5.74) is 2.16. The van der Waals surface area contributed by atoms with Crippen LogP contribution < -0.4 is 0 Å². The smallest absolute Gasteiger partial charge is 0.227 e. The lowest BCUT2D eigenvalue weighted by Gasteiger charge is -2.35. The Kier molecular flexibility index (Phi) is 5.55. The van der Waals surface area contributed by atoms with E-state index in [0.717, 1.165) is 56.3 Å². The molecule has 0 N–H and O–H groups in total. The van der Waals surface area contributed by atoms with Crippen molar-refractivity contribution in [3.63, 3.8) is 0 Å². The van der Waals surface area contributed by atoms with Crippen LogP contribution >= 0.6 is 0 Å². The number of hydrogen-bond acceptors (Lipinski definition) is 4. The summed E-state index contributed by atoms with van der Waals surface area (Å²) in [6.07, 6.45) is 8.79. The Bertz CT molecular complexity index is 779. The third kappa shape index (κ3) is 4.23. The van der Waals surface area contributed by atoms with Gasteiger partial charge < -0.3 is 9.42 Å². The van der Waals surface area contributed by atoms with E-state index in [1.807, 2.05) is 18.2 Å². The van der Waals surface area contributed by atoms with Crippen LogP contribution in [0.2, 0.25) is 0 Å². The molecule has 1 aliphatic heterocycles. The minimum atomic E-state index is 0.258. The Morgan fingerprint density at radius 3 is 2.78 bits per heavy atom. The van der Waals surface area contributed by atoms with Crippen molar-refractivity contribution < 1.29 is 9.32 Å². The van der Waals surface area contributed by atoms with Crippen LogP contribution in [-0.2, 0) is 11.2 Å². The largest absolute Gasteiger partial charge is 0.342 e. The van der Waals surface area contributed by atoms with E-state index in [1.54, 1.807) is 0 Å². The van der Waals surface area contributed by atoms with Crippen molar-refractivity contribution in [2.75, 3.05) is 13.1 Å². The zero-order chi connectivity index (χ0) is 18.6. The summed E-state index contributed by atoms with van der Waals surface area (Å²) < 4.78 is 5.52. The number of benzene rings is 1. The van der Waals surface area contributed by atoms with Gasteiger partial charge in [-0.2, -0.15) is 4.98 Å². The fraction of sp³-hybridized carbons (Fsp3) is 0.591. The summed E-state index contributed by atoms with van der Waals surface area (Å²) in [7, 11) is 0. The number of hydrogen-bond donors (Lipinski definition) is 0. The van der Waals surface area contributed by atoms with Gasteiger partial charge in [-0.15, -0.1) is 0 Å². The van der Waals surface area contributed by atoms with Crippen LogP contribution in [0.15, 0.2) is 28.8 Å². The molecule has 2 fully saturated rings. The Balaban J connectivity index is 1.38. The fourth-order valence-corrected chi connectivity index (χ4v) is 4.56. The molecule has 1 unspecified atom stereocenters. The highest BCUT2D eigenvalue weighted by Crippen LogP contribution is 2.29. The van der Waals surface area contributed by atoms with E-state index in [4.69, 9.17) is 4.52 Å². The second-order valence-electron chi connectivity index (χ2n) is 8.16. The molecular formula is C22H29N3O2. The first-order valence-corrected chi connectivity index (χ1v) is 10.4. The maximum Gasteiger partial charge on any atom is 0.227 e. The molecule has 144 valence electrons. The zero-order valence-electron chi connectivity index (χ0n) is 16.2. The van der Waals surface area contributed by atoms with Crippen molar-refractivity contribution in [2.24, 2.45) is 11.8 Å². The van der Waals surface area contributed by atoms with Gasteiger partial charge in [-0.1, -0.05) is 48.7 Å². The van der Waals surface area contributed by atoms with Crippen molar-refractivity contribution in [1.29, 1.82) is 0 Å². The molecule has 5 heteroatoms. The average Bonchev–Trinajstić information content (AvgIpc) is 3.17.